The molecule has 1 saturated carbocycles. The van der Waals surface area contributed by atoms with Crippen LogP contribution in [0.5, 0.6) is 0 Å². The van der Waals surface area contributed by atoms with Crippen LogP contribution in [0.4, 0.5) is 0 Å². The molecule has 2 fully saturated rings. The molecule has 2 aliphatic rings. The molecule has 1 aliphatic carbocycles. The number of rotatable bonds is 10. The van der Waals surface area contributed by atoms with Gasteiger partial charge in [-0.15, -0.1) is 0 Å². The fraction of sp³-hybridized carbons (Fsp3) is 0.387. The van der Waals surface area contributed by atoms with Gasteiger partial charge in [0.2, 0.25) is 17.7 Å². The van der Waals surface area contributed by atoms with Crippen LogP contribution in [0.1, 0.15) is 48.7 Å². The van der Waals surface area contributed by atoms with E-state index in [1.807, 2.05) is 48.5 Å². The molecule has 218 valence electrons. The number of nitrogens with zero attached hydrogens (tertiary/aromatic N) is 3. The Morgan fingerprint density at radius 3 is 2.50 bits per heavy atom. The van der Waals surface area contributed by atoms with E-state index in [9.17, 15) is 24.4 Å². The van der Waals surface area contributed by atoms with Crippen molar-refractivity contribution in [2.45, 2.75) is 51.1 Å². The SMILES string of the molecule is CC1CC1.N#CC(CC1CCNC1=O)NC(=O)CNC(=O)C(Cc1cccc2ccccc12)NC(=O)c1cnccn1. The van der Waals surface area contributed by atoms with Gasteiger partial charge in [0, 0.05) is 31.3 Å². The second kappa shape index (κ2) is 14.7. The van der Waals surface area contributed by atoms with E-state index >= 15 is 0 Å². The fourth-order valence-electron chi connectivity index (χ4n) is 4.55. The molecule has 3 atom stereocenters. The topological polar surface area (TPSA) is 166 Å². The molecule has 5 rings (SSSR count). The minimum atomic E-state index is -1.02. The summed E-state index contributed by atoms with van der Waals surface area (Å²) in [5.74, 6) is -1.12. The monoisotopic (exact) mass is 569 g/mol. The molecule has 1 aromatic heterocycles. The Kier molecular flexibility index (Phi) is 10.5. The standard InChI is InChI=1S/C27H27N7O4.C4H8/c28-14-20(12-19-8-9-31-25(19)36)33-24(35)16-32-26(37)22(34-27(38)23-15-29-10-11-30-23)13-18-6-3-5-17-4-1-2-7-21(17)18;1-4-2-3-4/h1-7,10-11,15,19-20,22H,8-9,12-13,16H2,(H,31,36)(H,32,37)(H,33,35)(H,34,38);4H,2-3H2,1H3. The number of amides is 4. The Morgan fingerprint density at radius 1 is 1.07 bits per heavy atom. The van der Waals surface area contributed by atoms with Gasteiger partial charge in [0.05, 0.1) is 18.8 Å². The predicted molar refractivity (Wildman–Crippen MR) is 156 cm³/mol. The van der Waals surface area contributed by atoms with Crippen LogP contribution in [-0.4, -0.2) is 58.8 Å². The average Bonchev–Trinajstić information content (AvgIpc) is 3.70. The van der Waals surface area contributed by atoms with Crippen LogP contribution in [-0.2, 0) is 20.8 Å². The molecule has 11 heteroatoms. The van der Waals surface area contributed by atoms with Gasteiger partial charge in [0.25, 0.3) is 5.91 Å². The van der Waals surface area contributed by atoms with Crippen LogP contribution < -0.4 is 21.3 Å². The molecule has 2 heterocycles. The Balaban J connectivity index is 0.000000932. The molecule has 42 heavy (non-hydrogen) atoms. The van der Waals surface area contributed by atoms with Crippen molar-refractivity contribution in [2.24, 2.45) is 11.8 Å². The summed E-state index contributed by atoms with van der Waals surface area (Å²) in [4.78, 5) is 58.1. The van der Waals surface area contributed by atoms with E-state index in [2.05, 4.69) is 38.2 Å². The minimum Gasteiger partial charge on any atom is -0.356 e. The van der Waals surface area contributed by atoms with Gasteiger partial charge in [0.1, 0.15) is 17.8 Å². The number of hydrogen-bond donors (Lipinski definition) is 4. The Morgan fingerprint density at radius 2 is 1.83 bits per heavy atom. The maximum absolute atomic E-state index is 13.2. The number of aromatic nitrogens is 2. The minimum absolute atomic E-state index is 0.0498. The van der Waals surface area contributed by atoms with Gasteiger partial charge >= 0.3 is 0 Å². The van der Waals surface area contributed by atoms with E-state index in [0.29, 0.717) is 13.0 Å². The van der Waals surface area contributed by atoms with Gasteiger partial charge < -0.3 is 21.3 Å². The van der Waals surface area contributed by atoms with E-state index in [-0.39, 0.29) is 30.4 Å². The molecule has 1 aliphatic heterocycles. The summed E-state index contributed by atoms with van der Waals surface area (Å²) < 4.78 is 0. The van der Waals surface area contributed by atoms with Gasteiger partial charge in [-0.3, -0.25) is 24.2 Å². The normalized spacial score (nSPS) is 17.0. The molecule has 3 aromatic rings. The van der Waals surface area contributed by atoms with Crippen molar-refractivity contribution in [3.8, 4) is 6.07 Å². The van der Waals surface area contributed by atoms with E-state index in [0.717, 1.165) is 22.3 Å². The molecule has 0 bridgehead atoms. The molecule has 11 nitrogen and oxygen atoms in total. The first-order valence-corrected chi connectivity index (χ1v) is 14.1. The van der Waals surface area contributed by atoms with Gasteiger partial charge in [-0.25, -0.2) is 4.98 Å². The maximum Gasteiger partial charge on any atom is 0.272 e. The Hall–Kier alpha value is -4.85. The van der Waals surface area contributed by atoms with Crippen LogP contribution >= 0.6 is 0 Å². The summed E-state index contributed by atoms with van der Waals surface area (Å²) >= 11 is 0. The van der Waals surface area contributed by atoms with Crippen LogP contribution in [0.2, 0.25) is 0 Å². The molecule has 0 spiro atoms. The van der Waals surface area contributed by atoms with Crippen LogP contribution in [0.25, 0.3) is 10.8 Å². The highest BCUT2D eigenvalue weighted by molar-refractivity contribution is 5.97. The van der Waals surface area contributed by atoms with Crippen LogP contribution in [0.15, 0.2) is 61.1 Å². The lowest BCUT2D eigenvalue weighted by Gasteiger charge is -2.20. The first kappa shape index (κ1) is 30.1. The zero-order chi connectivity index (χ0) is 29.9. The zero-order valence-corrected chi connectivity index (χ0v) is 23.5. The number of carbonyl (C=O) groups excluding carboxylic acids is 4. The second-order valence-electron chi connectivity index (χ2n) is 10.6. The van der Waals surface area contributed by atoms with E-state index in [1.54, 1.807) is 0 Å². The highest BCUT2D eigenvalue weighted by atomic mass is 16.2. The first-order valence-electron chi connectivity index (χ1n) is 14.1. The molecular weight excluding hydrogens is 534 g/mol. The van der Waals surface area contributed by atoms with Crippen molar-refractivity contribution in [3.63, 3.8) is 0 Å². The molecule has 0 radical (unpaired) electrons. The second-order valence-corrected chi connectivity index (χ2v) is 10.6. The van der Waals surface area contributed by atoms with E-state index in [1.165, 1.54) is 31.4 Å². The fourth-order valence-corrected chi connectivity index (χ4v) is 4.55. The summed E-state index contributed by atoms with van der Waals surface area (Å²) in [7, 11) is 0. The van der Waals surface area contributed by atoms with E-state index < -0.39 is 36.3 Å². The quantitative estimate of drug-likeness (QED) is 0.290. The molecule has 1 saturated heterocycles. The lowest BCUT2D eigenvalue weighted by molar-refractivity contribution is -0.127. The summed E-state index contributed by atoms with van der Waals surface area (Å²) in [5, 5.41) is 21.8. The Bertz CT molecular complexity index is 1450. The zero-order valence-electron chi connectivity index (χ0n) is 23.5. The third-order valence-electron chi connectivity index (χ3n) is 7.18. The highest BCUT2D eigenvalue weighted by Crippen LogP contribution is 2.26. The van der Waals surface area contributed by atoms with Crippen molar-refractivity contribution in [1.82, 2.24) is 31.2 Å². The van der Waals surface area contributed by atoms with Crippen molar-refractivity contribution in [2.75, 3.05) is 13.1 Å². The highest BCUT2D eigenvalue weighted by Gasteiger charge is 2.28. The van der Waals surface area contributed by atoms with Crippen molar-refractivity contribution in [1.29, 1.82) is 5.26 Å². The average molecular weight is 570 g/mol. The molecule has 3 unspecified atom stereocenters. The smallest absolute Gasteiger partial charge is 0.272 e. The molecule has 4 amide bonds. The summed E-state index contributed by atoms with van der Waals surface area (Å²) in [6, 6.07) is 13.5. The Labute approximate surface area is 244 Å². The number of fused-ring (bicyclic) bond motifs is 1. The lowest BCUT2D eigenvalue weighted by atomic mass is 9.98. The summed E-state index contributed by atoms with van der Waals surface area (Å²) in [6.07, 6.45) is 8.04. The molecular formula is C31H35N7O4. The van der Waals surface area contributed by atoms with Gasteiger partial charge in [0.15, 0.2) is 0 Å². The van der Waals surface area contributed by atoms with Crippen molar-refractivity contribution < 1.29 is 19.2 Å². The summed E-state index contributed by atoms with van der Waals surface area (Å²) in [5.41, 5.74) is 0.889. The van der Waals surface area contributed by atoms with Crippen LogP contribution in [0.3, 0.4) is 0 Å². The van der Waals surface area contributed by atoms with Crippen LogP contribution in [0, 0.1) is 23.2 Å². The van der Waals surface area contributed by atoms with Crippen molar-refractivity contribution in [3.05, 3.63) is 72.3 Å². The molecule has 2 aromatic carbocycles. The van der Waals surface area contributed by atoms with Gasteiger partial charge in [-0.05, 0) is 35.1 Å². The lowest BCUT2D eigenvalue weighted by Crippen LogP contribution is -2.51. The largest absolute Gasteiger partial charge is 0.356 e. The third kappa shape index (κ3) is 8.83. The first-order chi connectivity index (χ1) is 20.3. The maximum atomic E-state index is 13.2. The third-order valence-corrected chi connectivity index (χ3v) is 7.18. The number of benzene rings is 2. The van der Waals surface area contributed by atoms with Gasteiger partial charge in [-0.2, -0.15) is 5.26 Å². The van der Waals surface area contributed by atoms with Crippen molar-refractivity contribution >= 4 is 34.4 Å². The number of nitrogens with one attached hydrogen (secondary N) is 4. The predicted octanol–water partition coefficient (Wildman–Crippen LogP) is 2.04. The van der Waals surface area contributed by atoms with E-state index in [4.69, 9.17) is 0 Å². The number of hydrogen-bond acceptors (Lipinski definition) is 7. The van der Waals surface area contributed by atoms with Gasteiger partial charge in [-0.1, -0.05) is 62.2 Å². The number of nitriles is 1. The molecule has 4 N–H and O–H groups in total. The number of carbonyl (C=O) groups is 4. The summed E-state index contributed by atoms with van der Waals surface area (Å²) in [6.45, 7) is 2.42.